The van der Waals surface area contributed by atoms with Crippen LogP contribution in [0.1, 0.15) is 43.2 Å². The van der Waals surface area contributed by atoms with E-state index in [0.29, 0.717) is 17.3 Å². The Kier molecular flexibility index (Phi) is 3.88. The van der Waals surface area contributed by atoms with Crippen molar-refractivity contribution >= 4 is 11.8 Å². The molecule has 1 aliphatic heterocycles. The van der Waals surface area contributed by atoms with Gasteiger partial charge in [-0.25, -0.2) is 4.68 Å². The Labute approximate surface area is 135 Å². The minimum absolute atomic E-state index is 0.435. The Balaban J connectivity index is 1.59. The topological polar surface area (TPSA) is 46.8 Å². The number of hydrogen-bond donors (Lipinski definition) is 0. The normalized spacial score (nSPS) is 26.2. The molecular weight excluding hydrogens is 294 g/mol. The van der Waals surface area contributed by atoms with E-state index in [4.69, 9.17) is 0 Å². The van der Waals surface area contributed by atoms with Gasteiger partial charge in [-0.15, -0.1) is 5.10 Å². The monoisotopic (exact) mass is 315 g/mol. The van der Waals surface area contributed by atoms with Crippen LogP contribution in [0.2, 0.25) is 0 Å². The molecule has 2 aromatic rings. The first-order valence-electron chi connectivity index (χ1n) is 8.00. The molecule has 2 aliphatic rings. The molecule has 5 nitrogen and oxygen atoms in total. The minimum atomic E-state index is 0.435. The van der Waals surface area contributed by atoms with Gasteiger partial charge < -0.3 is 0 Å². The quantitative estimate of drug-likeness (QED) is 0.868. The highest BCUT2D eigenvalue weighted by molar-refractivity contribution is 8.00. The summed E-state index contributed by atoms with van der Waals surface area (Å²) in [7, 11) is 0. The van der Waals surface area contributed by atoms with Crippen molar-refractivity contribution < 1.29 is 0 Å². The van der Waals surface area contributed by atoms with Gasteiger partial charge in [-0.1, -0.05) is 37.3 Å². The third-order valence-electron chi connectivity index (χ3n) is 4.54. The van der Waals surface area contributed by atoms with Crippen molar-refractivity contribution in [3.63, 3.8) is 0 Å². The van der Waals surface area contributed by atoms with Crippen LogP contribution in [0.4, 0.5) is 0 Å². The summed E-state index contributed by atoms with van der Waals surface area (Å²) in [4.78, 5) is 2.54. The van der Waals surface area contributed by atoms with Crippen LogP contribution in [0.3, 0.4) is 0 Å². The van der Waals surface area contributed by atoms with Gasteiger partial charge in [0.25, 0.3) is 0 Å². The maximum atomic E-state index is 4.28. The van der Waals surface area contributed by atoms with Gasteiger partial charge >= 0.3 is 0 Å². The Hall–Kier alpha value is -1.40. The summed E-state index contributed by atoms with van der Waals surface area (Å²) < 4.78 is 2.04. The first-order chi connectivity index (χ1) is 10.8. The number of hydrogen-bond acceptors (Lipinski definition) is 5. The molecule has 2 atom stereocenters. The Morgan fingerprint density at radius 2 is 2.05 bits per heavy atom. The first kappa shape index (κ1) is 14.2. The second kappa shape index (κ2) is 6.01. The molecule has 1 aliphatic carbocycles. The van der Waals surface area contributed by atoms with E-state index in [2.05, 4.69) is 69.4 Å². The molecule has 1 saturated carbocycles. The molecule has 1 saturated heterocycles. The lowest BCUT2D eigenvalue weighted by Crippen LogP contribution is -2.40. The highest BCUT2D eigenvalue weighted by atomic mass is 32.2. The van der Waals surface area contributed by atoms with Gasteiger partial charge in [0.1, 0.15) is 0 Å². The first-order valence-corrected chi connectivity index (χ1v) is 9.05. The van der Waals surface area contributed by atoms with E-state index in [9.17, 15) is 0 Å². The van der Waals surface area contributed by atoms with E-state index in [1.54, 1.807) is 0 Å². The van der Waals surface area contributed by atoms with Crippen molar-refractivity contribution in [3.05, 3.63) is 41.7 Å². The predicted molar refractivity (Wildman–Crippen MR) is 87.6 cm³/mol. The molecule has 22 heavy (non-hydrogen) atoms. The number of tetrazole rings is 1. The van der Waals surface area contributed by atoms with Crippen LogP contribution < -0.4 is 0 Å². The SMILES string of the molecule is C[C@@H]1SCCN(Cc2nnnn2C2CC2)[C@@H]1c1ccccc1. The Bertz CT molecular complexity index is 624. The molecule has 1 aromatic carbocycles. The van der Waals surface area contributed by atoms with Gasteiger partial charge in [0.05, 0.1) is 12.6 Å². The zero-order chi connectivity index (χ0) is 14.9. The third-order valence-corrected chi connectivity index (χ3v) is 5.74. The van der Waals surface area contributed by atoms with Crippen molar-refractivity contribution in [2.24, 2.45) is 0 Å². The van der Waals surface area contributed by atoms with Gasteiger partial charge in [-0.2, -0.15) is 11.8 Å². The van der Waals surface area contributed by atoms with Gasteiger partial charge in [0.2, 0.25) is 0 Å². The molecule has 0 unspecified atom stereocenters. The van der Waals surface area contributed by atoms with Crippen LogP contribution in [0.5, 0.6) is 0 Å². The van der Waals surface area contributed by atoms with Crippen molar-refractivity contribution in [2.75, 3.05) is 12.3 Å². The summed E-state index contributed by atoms with van der Waals surface area (Å²) in [5.74, 6) is 2.19. The highest BCUT2D eigenvalue weighted by Crippen LogP contribution is 2.38. The summed E-state index contributed by atoms with van der Waals surface area (Å²) in [6.07, 6.45) is 2.43. The molecular formula is C16H21N5S. The molecule has 4 rings (SSSR count). The lowest BCUT2D eigenvalue weighted by Gasteiger charge is -2.39. The molecule has 6 heteroatoms. The molecule has 1 aromatic heterocycles. The van der Waals surface area contributed by atoms with Gasteiger partial charge in [-0.3, -0.25) is 4.90 Å². The third kappa shape index (κ3) is 2.77. The smallest absolute Gasteiger partial charge is 0.165 e. The average Bonchev–Trinajstić information content (AvgIpc) is 3.28. The second-order valence-electron chi connectivity index (χ2n) is 6.17. The highest BCUT2D eigenvalue weighted by Gasteiger charge is 2.33. The summed E-state index contributed by atoms with van der Waals surface area (Å²) in [5.41, 5.74) is 1.40. The van der Waals surface area contributed by atoms with E-state index in [1.807, 2.05) is 4.68 Å². The van der Waals surface area contributed by atoms with Crippen LogP contribution >= 0.6 is 11.8 Å². The lowest BCUT2D eigenvalue weighted by atomic mass is 10.0. The number of rotatable bonds is 4. The van der Waals surface area contributed by atoms with Crippen LogP contribution in [0.15, 0.2) is 30.3 Å². The minimum Gasteiger partial charge on any atom is -0.287 e. The predicted octanol–water partition coefficient (Wildman–Crippen LogP) is 2.69. The van der Waals surface area contributed by atoms with E-state index in [0.717, 1.165) is 18.9 Å². The number of thioether (sulfide) groups is 1. The number of aromatic nitrogens is 4. The molecule has 2 heterocycles. The van der Waals surface area contributed by atoms with Gasteiger partial charge in [0.15, 0.2) is 5.82 Å². The fraction of sp³-hybridized carbons (Fsp3) is 0.562. The van der Waals surface area contributed by atoms with Crippen LogP contribution in [0.25, 0.3) is 0 Å². The summed E-state index contributed by atoms with van der Waals surface area (Å²) in [5, 5.41) is 12.9. The zero-order valence-corrected chi connectivity index (χ0v) is 13.6. The maximum Gasteiger partial charge on any atom is 0.165 e. The molecule has 0 bridgehead atoms. The number of benzene rings is 1. The van der Waals surface area contributed by atoms with Gasteiger partial charge in [0, 0.05) is 23.6 Å². The Morgan fingerprint density at radius 1 is 1.23 bits per heavy atom. The molecule has 116 valence electrons. The molecule has 2 fully saturated rings. The van der Waals surface area contributed by atoms with Crippen LogP contribution in [-0.2, 0) is 6.54 Å². The zero-order valence-electron chi connectivity index (χ0n) is 12.8. The van der Waals surface area contributed by atoms with Crippen molar-refractivity contribution in [1.82, 2.24) is 25.1 Å². The van der Waals surface area contributed by atoms with E-state index in [-0.39, 0.29) is 0 Å². The standard InChI is InChI=1S/C16H21N5S/c1-12-16(13-5-3-2-4-6-13)20(9-10-22-12)11-15-17-18-19-21(15)14-7-8-14/h2-6,12,14,16H,7-11H2,1H3/t12-,16-/m0/s1. The molecule has 0 radical (unpaired) electrons. The Morgan fingerprint density at radius 3 is 2.82 bits per heavy atom. The number of nitrogens with zero attached hydrogens (tertiary/aromatic N) is 5. The second-order valence-corrected chi connectivity index (χ2v) is 7.66. The fourth-order valence-electron chi connectivity index (χ4n) is 3.29. The molecule has 0 amide bonds. The average molecular weight is 315 g/mol. The van der Waals surface area contributed by atoms with E-state index in [1.165, 1.54) is 24.2 Å². The molecule has 0 N–H and O–H groups in total. The van der Waals surface area contributed by atoms with Crippen molar-refractivity contribution in [3.8, 4) is 0 Å². The van der Waals surface area contributed by atoms with Crippen LogP contribution in [0, 0.1) is 0 Å². The van der Waals surface area contributed by atoms with Crippen molar-refractivity contribution in [1.29, 1.82) is 0 Å². The summed E-state index contributed by atoms with van der Waals surface area (Å²) in [6.45, 7) is 4.26. The summed E-state index contributed by atoms with van der Waals surface area (Å²) in [6, 6.07) is 11.8. The summed E-state index contributed by atoms with van der Waals surface area (Å²) >= 11 is 2.06. The fourth-order valence-corrected chi connectivity index (χ4v) is 4.52. The lowest BCUT2D eigenvalue weighted by molar-refractivity contribution is 0.183. The van der Waals surface area contributed by atoms with E-state index >= 15 is 0 Å². The van der Waals surface area contributed by atoms with Gasteiger partial charge in [-0.05, 0) is 28.8 Å². The molecule has 0 spiro atoms. The van der Waals surface area contributed by atoms with E-state index < -0.39 is 0 Å². The largest absolute Gasteiger partial charge is 0.287 e. The van der Waals surface area contributed by atoms with Crippen molar-refractivity contribution in [2.45, 2.75) is 43.6 Å². The maximum absolute atomic E-state index is 4.28. The van der Waals surface area contributed by atoms with Crippen LogP contribution in [-0.4, -0.2) is 42.7 Å².